The molecule has 0 aliphatic heterocycles. The highest BCUT2D eigenvalue weighted by Gasteiger charge is 2.15. The van der Waals surface area contributed by atoms with Crippen molar-refractivity contribution in [2.24, 2.45) is 0 Å². The number of esters is 1. The van der Waals surface area contributed by atoms with Crippen LogP contribution < -0.4 is 4.74 Å². The Morgan fingerprint density at radius 2 is 2.19 bits per heavy atom. The monoisotopic (exact) mass is 242 g/mol. The molecule has 1 unspecified atom stereocenters. The van der Waals surface area contributed by atoms with Crippen LogP contribution in [0, 0.1) is 6.92 Å². The molecule has 0 amide bonds. The van der Waals surface area contributed by atoms with Gasteiger partial charge in [-0.1, -0.05) is 11.6 Å². The van der Waals surface area contributed by atoms with E-state index in [4.69, 9.17) is 21.1 Å². The molecule has 0 spiro atoms. The highest BCUT2D eigenvalue weighted by Crippen LogP contribution is 2.21. The van der Waals surface area contributed by atoms with Gasteiger partial charge in [-0.15, -0.1) is 0 Å². The summed E-state index contributed by atoms with van der Waals surface area (Å²) in [6.07, 6.45) is -0.611. The van der Waals surface area contributed by atoms with Crippen molar-refractivity contribution in [1.82, 2.24) is 0 Å². The summed E-state index contributed by atoms with van der Waals surface area (Å²) in [6.45, 7) is 5.65. The van der Waals surface area contributed by atoms with Gasteiger partial charge in [0.2, 0.25) is 0 Å². The van der Waals surface area contributed by atoms with Gasteiger partial charge in [-0.25, -0.2) is 4.79 Å². The summed E-state index contributed by atoms with van der Waals surface area (Å²) in [5.74, 6) is 0.248. The summed E-state index contributed by atoms with van der Waals surface area (Å²) in [5, 5.41) is 0.677. The first-order valence-electron chi connectivity index (χ1n) is 5.14. The Hall–Kier alpha value is -1.22. The summed E-state index contributed by atoms with van der Waals surface area (Å²) in [4.78, 5) is 11.3. The molecule has 0 radical (unpaired) electrons. The average molecular weight is 243 g/mol. The second kappa shape index (κ2) is 5.75. The number of hydrogen-bond acceptors (Lipinski definition) is 3. The van der Waals surface area contributed by atoms with Crippen molar-refractivity contribution < 1.29 is 14.3 Å². The number of ether oxygens (including phenoxy) is 2. The zero-order valence-corrected chi connectivity index (χ0v) is 10.4. The van der Waals surface area contributed by atoms with Crippen LogP contribution in [0.15, 0.2) is 18.2 Å². The molecule has 0 heterocycles. The van der Waals surface area contributed by atoms with Gasteiger partial charge in [-0.2, -0.15) is 0 Å². The van der Waals surface area contributed by atoms with Gasteiger partial charge in [0, 0.05) is 5.02 Å². The maximum absolute atomic E-state index is 11.3. The fourth-order valence-corrected chi connectivity index (χ4v) is 1.32. The molecule has 1 aromatic rings. The van der Waals surface area contributed by atoms with Gasteiger partial charge in [0.05, 0.1) is 6.61 Å². The van der Waals surface area contributed by atoms with Crippen molar-refractivity contribution in [2.45, 2.75) is 26.9 Å². The van der Waals surface area contributed by atoms with Crippen molar-refractivity contribution in [3.05, 3.63) is 28.8 Å². The molecule has 1 atom stereocenters. The predicted octanol–water partition coefficient (Wildman–Crippen LogP) is 2.98. The maximum atomic E-state index is 11.3. The second-order valence-corrected chi connectivity index (χ2v) is 3.83. The molecule has 0 N–H and O–H groups in total. The molecule has 0 saturated carbocycles. The van der Waals surface area contributed by atoms with E-state index in [0.717, 1.165) is 5.56 Å². The zero-order valence-electron chi connectivity index (χ0n) is 9.62. The minimum atomic E-state index is -0.611. The van der Waals surface area contributed by atoms with Crippen molar-refractivity contribution in [1.29, 1.82) is 0 Å². The average Bonchev–Trinajstić information content (AvgIpc) is 2.24. The lowest BCUT2D eigenvalue weighted by Crippen LogP contribution is -2.26. The Labute approximate surface area is 100 Å². The third kappa shape index (κ3) is 3.42. The first-order chi connectivity index (χ1) is 7.54. The van der Waals surface area contributed by atoms with Crippen LogP contribution in [0.3, 0.4) is 0 Å². The van der Waals surface area contributed by atoms with E-state index in [-0.39, 0.29) is 5.97 Å². The molecule has 3 nitrogen and oxygen atoms in total. The van der Waals surface area contributed by atoms with Crippen LogP contribution in [0.1, 0.15) is 19.4 Å². The van der Waals surface area contributed by atoms with Crippen LogP contribution >= 0.6 is 11.6 Å². The Kier molecular flexibility index (Phi) is 4.62. The smallest absolute Gasteiger partial charge is 0.347 e. The number of carbonyl (C=O) groups is 1. The van der Waals surface area contributed by atoms with E-state index < -0.39 is 6.10 Å². The molecule has 0 bridgehead atoms. The molecule has 1 rings (SSSR count). The number of aryl methyl sites for hydroxylation is 1. The first-order valence-corrected chi connectivity index (χ1v) is 5.51. The van der Waals surface area contributed by atoms with Crippen molar-refractivity contribution >= 4 is 17.6 Å². The first kappa shape index (κ1) is 12.8. The highest BCUT2D eigenvalue weighted by atomic mass is 35.5. The predicted molar refractivity (Wildman–Crippen MR) is 62.9 cm³/mol. The van der Waals surface area contributed by atoms with E-state index in [0.29, 0.717) is 17.4 Å². The van der Waals surface area contributed by atoms with Crippen molar-refractivity contribution in [3.8, 4) is 5.75 Å². The molecule has 0 saturated heterocycles. The summed E-state index contributed by atoms with van der Waals surface area (Å²) in [5.41, 5.74) is 0.912. The van der Waals surface area contributed by atoms with Crippen LogP contribution in [-0.4, -0.2) is 18.7 Å². The van der Waals surface area contributed by atoms with E-state index in [1.165, 1.54) is 0 Å². The molecule has 1 aromatic carbocycles. The van der Waals surface area contributed by atoms with Gasteiger partial charge in [0.1, 0.15) is 5.75 Å². The second-order valence-electron chi connectivity index (χ2n) is 3.42. The molecule has 16 heavy (non-hydrogen) atoms. The summed E-state index contributed by atoms with van der Waals surface area (Å²) >= 11 is 5.88. The van der Waals surface area contributed by atoms with Gasteiger partial charge < -0.3 is 9.47 Å². The Morgan fingerprint density at radius 3 is 2.75 bits per heavy atom. The molecule has 0 aliphatic rings. The molecule has 0 aromatic heterocycles. The lowest BCUT2D eigenvalue weighted by Gasteiger charge is -2.13. The van der Waals surface area contributed by atoms with Gasteiger partial charge in [0.25, 0.3) is 0 Å². The normalized spacial score (nSPS) is 12.0. The van der Waals surface area contributed by atoms with E-state index in [1.807, 2.05) is 6.92 Å². The molecule has 88 valence electrons. The van der Waals surface area contributed by atoms with Crippen molar-refractivity contribution in [2.75, 3.05) is 6.61 Å². The van der Waals surface area contributed by atoms with Crippen LogP contribution in [0.2, 0.25) is 5.02 Å². The Bertz CT molecular complexity index is 377. The van der Waals surface area contributed by atoms with E-state index in [9.17, 15) is 4.79 Å². The fourth-order valence-electron chi connectivity index (χ4n) is 1.20. The fraction of sp³-hybridized carbons (Fsp3) is 0.417. The number of hydrogen-bond donors (Lipinski definition) is 0. The van der Waals surface area contributed by atoms with Crippen LogP contribution in [-0.2, 0) is 9.53 Å². The summed E-state index contributed by atoms with van der Waals surface area (Å²) < 4.78 is 10.3. The minimum absolute atomic E-state index is 0.353. The largest absolute Gasteiger partial charge is 0.479 e. The highest BCUT2D eigenvalue weighted by molar-refractivity contribution is 6.31. The Balaban J connectivity index is 2.66. The standard InChI is InChI=1S/C12H15ClO3/c1-4-15-12(14)9(3)16-10-5-6-11(13)8(2)7-10/h5-7,9H,4H2,1-3H3. The van der Waals surface area contributed by atoms with Crippen LogP contribution in [0.25, 0.3) is 0 Å². The third-order valence-corrected chi connectivity index (χ3v) is 2.48. The van der Waals surface area contributed by atoms with Crippen LogP contribution in [0.5, 0.6) is 5.75 Å². The lowest BCUT2D eigenvalue weighted by atomic mass is 10.2. The molecular formula is C12H15ClO3. The number of halogens is 1. The SMILES string of the molecule is CCOC(=O)C(C)Oc1ccc(Cl)c(C)c1. The Morgan fingerprint density at radius 1 is 1.50 bits per heavy atom. The zero-order chi connectivity index (χ0) is 12.1. The van der Waals surface area contributed by atoms with Crippen LogP contribution in [0.4, 0.5) is 0 Å². The third-order valence-electron chi connectivity index (χ3n) is 2.06. The summed E-state index contributed by atoms with van der Waals surface area (Å²) in [6, 6.07) is 5.26. The minimum Gasteiger partial charge on any atom is -0.479 e. The van der Waals surface area contributed by atoms with E-state index in [2.05, 4.69) is 0 Å². The molecule has 0 aliphatic carbocycles. The number of carbonyl (C=O) groups excluding carboxylic acids is 1. The topological polar surface area (TPSA) is 35.5 Å². The maximum Gasteiger partial charge on any atom is 0.347 e. The van der Waals surface area contributed by atoms with Gasteiger partial charge in [0.15, 0.2) is 6.10 Å². The number of rotatable bonds is 4. The van der Waals surface area contributed by atoms with Gasteiger partial charge in [-0.3, -0.25) is 0 Å². The molecule has 4 heteroatoms. The molecular weight excluding hydrogens is 228 g/mol. The van der Waals surface area contributed by atoms with E-state index in [1.54, 1.807) is 32.0 Å². The lowest BCUT2D eigenvalue weighted by molar-refractivity contribution is -0.150. The number of benzene rings is 1. The summed E-state index contributed by atoms with van der Waals surface area (Å²) in [7, 11) is 0. The van der Waals surface area contributed by atoms with E-state index >= 15 is 0 Å². The van der Waals surface area contributed by atoms with Gasteiger partial charge >= 0.3 is 5.97 Å². The quantitative estimate of drug-likeness (QED) is 0.762. The van der Waals surface area contributed by atoms with Gasteiger partial charge in [-0.05, 0) is 44.5 Å². The molecule has 0 fully saturated rings. The van der Waals surface area contributed by atoms with Crippen molar-refractivity contribution in [3.63, 3.8) is 0 Å².